The van der Waals surface area contributed by atoms with Crippen LogP contribution >= 0.6 is 11.3 Å². The number of carbonyl (C=O) groups excluding carboxylic acids is 2. The summed E-state index contributed by atoms with van der Waals surface area (Å²) in [6, 6.07) is 5.83. The van der Waals surface area contributed by atoms with Crippen molar-refractivity contribution in [2.75, 3.05) is 24.5 Å². The molecule has 1 aliphatic rings. The Morgan fingerprint density at radius 3 is 2.79 bits per heavy atom. The molecule has 0 spiro atoms. The normalized spacial score (nSPS) is 16.1. The van der Waals surface area contributed by atoms with Gasteiger partial charge in [0.1, 0.15) is 23.4 Å². The van der Waals surface area contributed by atoms with E-state index in [2.05, 4.69) is 20.6 Å². The Balaban J connectivity index is 1.44. The average Bonchev–Trinajstić information content (AvgIpc) is 3.26. The third kappa shape index (κ3) is 5.36. The summed E-state index contributed by atoms with van der Waals surface area (Å²) in [4.78, 5) is 48.2. The SMILES string of the molecule is CCNC(=O)C1CCCN(c2nc3ncn(CC(=O)NCc4ccc(F)cc4)c(=O)c3s2)C1. The van der Waals surface area contributed by atoms with Crippen molar-refractivity contribution in [1.29, 1.82) is 0 Å². The lowest BCUT2D eigenvalue weighted by Crippen LogP contribution is -2.43. The van der Waals surface area contributed by atoms with Crippen molar-refractivity contribution < 1.29 is 14.0 Å². The van der Waals surface area contributed by atoms with E-state index in [1.54, 1.807) is 12.1 Å². The first-order valence-electron chi connectivity index (χ1n) is 10.8. The molecule has 1 aliphatic heterocycles. The quantitative estimate of drug-likeness (QED) is 0.541. The van der Waals surface area contributed by atoms with E-state index in [0.29, 0.717) is 28.6 Å². The van der Waals surface area contributed by atoms with Crippen molar-refractivity contribution in [2.24, 2.45) is 5.92 Å². The van der Waals surface area contributed by atoms with E-state index in [1.807, 2.05) is 11.8 Å². The molecule has 1 fully saturated rings. The number of aromatic nitrogens is 3. The van der Waals surface area contributed by atoms with Gasteiger partial charge in [-0.25, -0.2) is 9.37 Å². The van der Waals surface area contributed by atoms with Gasteiger partial charge in [-0.15, -0.1) is 0 Å². The molecule has 1 aromatic carbocycles. The number of thiazole rings is 1. The lowest BCUT2D eigenvalue weighted by molar-refractivity contribution is -0.125. The minimum atomic E-state index is -0.354. The molecule has 3 aromatic rings. The molecule has 2 amide bonds. The third-order valence-electron chi connectivity index (χ3n) is 5.50. The van der Waals surface area contributed by atoms with Crippen LogP contribution in [0.25, 0.3) is 10.3 Å². The summed E-state index contributed by atoms with van der Waals surface area (Å²) >= 11 is 1.23. The van der Waals surface area contributed by atoms with E-state index in [-0.39, 0.29) is 42.2 Å². The summed E-state index contributed by atoms with van der Waals surface area (Å²) < 4.78 is 14.6. The number of fused-ring (bicyclic) bond motifs is 1. The van der Waals surface area contributed by atoms with Gasteiger partial charge < -0.3 is 15.5 Å². The van der Waals surface area contributed by atoms with Crippen LogP contribution in [0.1, 0.15) is 25.3 Å². The molecule has 3 heterocycles. The number of nitrogens with zero attached hydrogens (tertiary/aromatic N) is 4. The maximum Gasteiger partial charge on any atom is 0.273 e. The highest BCUT2D eigenvalue weighted by Crippen LogP contribution is 2.29. The molecule has 1 atom stereocenters. The number of piperidine rings is 1. The van der Waals surface area contributed by atoms with Crippen LogP contribution in [0.4, 0.5) is 9.52 Å². The van der Waals surface area contributed by atoms with Crippen LogP contribution in [-0.2, 0) is 22.7 Å². The van der Waals surface area contributed by atoms with Gasteiger partial charge in [-0.2, -0.15) is 4.98 Å². The number of carbonyl (C=O) groups is 2. The Hall–Kier alpha value is -3.34. The Kier molecular flexibility index (Phi) is 6.97. The summed E-state index contributed by atoms with van der Waals surface area (Å²) in [5.74, 6) is -0.770. The predicted octanol–water partition coefficient (Wildman–Crippen LogP) is 1.66. The molecule has 0 bridgehead atoms. The average molecular weight is 473 g/mol. The van der Waals surface area contributed by atoms with Crippen molar-refractivity contribution in [2.45, 2.75) is 32.9 Å². The van der Waals surface area contributed by atoms with Crippen LogP contribution in [0.15, 0.2) is 35.4 Å². The van der Waals surface area contributed by atoms with Crippen molar-refractivity contribution in [3.05, 3.63) is 52.3 Å². The lowest BCUT2D eigenvalue weighted by Gasteiger charge is -2.31. The van der Waals surface area contributed by atoms with Crippen molar-refractivity contribution in [3.63, 3.8) is 0 Å². The van der Waals surface area contributed by atoms with Gasteiger partial charge in [-0.3, -0.25) is 19.0 Å². The number of halogens is 1. The van der Waals surface area contributed by atoms with Crippen molar-refractivity contribution in [3.8, 4) is 0 Å². The zero-order valence-electron chi connectivity index (χ0n) is 18.2. The largest absolute Gasteiger partial charge is 0.356 e. The van der Waals surface area contributed by atoms with Gasteiger partial charge in [0, 0.05) is 26.2 Å². The molecule has 174 valence electrons. The van der Waals surface area contributed by atoms with Crippen LogP contribution in [0.5, 0.6) is 0 Å². The standard InChI is InChI=1S/C22H25FN6O3S/c1-2-24-20(31)15-4-3-9-28(11-15)22-27-19-18(33-22)21(32)29(13-26-19)12-17(30)25-10-14-5-7-16(23)8-6-14/h5-8,13,15H,2-4,9-12H2,1H3,(H,24,31)(H,25,30). The lowest BCUT2D eigenvalue weighted by atomic mass is 9.97. The molecule has 2 N–H and O–H groups in total. The first kappa shape index (κ1) is 22.8. The molecule has 11 heteroatoms. The third-order valence-corrected chi connectivity index (χ3v) is 6.60. The summed E-state index contributed by atoms with van der Waals surface area (Å²) in [5, 5.41) is 6.24. The molecule has 1 unspecified atom stereocenters. The van der Waals surface area contributed by atoms with Gasteiger partial charge in [0.2, 0.25) is 11.8 Å². The zero-order valence-corrected chi connectivity index (χ0v) is 19.0. The summed E-state index contributed by atoms with van der Waals surface area (Å²) in [6.45, 7) is 3.85. The first-order valence-corrected chi connectivity index (χ1v) is 11.7. The molecule has 1 saturated heterocycles. The molecule has 0 saturated carbocycles. The minimum absolute atomic E-state index is 0.0374. The first-order chi connectivity index (χ1) is 15.9. The van der Waals surface area contributed by atoms with E-state index in [1.165, 1.54) is 34.4 Å². The van der Waals surface area contributed by atoms with E-state index in [0.717, 1.165) is 24.9 Å². The van der Waals surface area contributed by atoms with Crippen LogP contribution < -0.4 is 21.1 Å². The molecule has 4 rings (SSSR count). The number of hydrogen-bond donors (Lipinski definition) is 2. The van der Waals surface area contributed by atoms with E-state index >= 15 is 0 Å². The minimum Gasteiger partial charge on any atom is -0.356 e. The number of hydrogen-bond acceptors (Lipinski definition) is 7. The number of amides is 2. The van der Waals surface area contributed by atoms with Gasteiger partial charge in [-0.1, -0.05) is 23.5 Å². The Bertz CT molecular complexity index is 1210. The maximum atomic E-state index is 13.0. The zero-order chi connectivity index (χ0) is 23.4. The molecule has 33 heavy (non-hydrogen) atoms. The molecule has 0 aliphatic carbocycles. The summed E-state index contributed by atoms with van der Waals surface area (Å²) in [5.41, 5.74) is 0.756. The van der Waals surface area contributed by atoms with E-state index < -0.39 is 0 Å². The second-order valence-electron chi connectivity index (χ2n) is 7.91. The molecule has 9 nitrogen and oxygen atoms in total. The smallest absolute Gasteiger partial charge is 0.273 e. The summed E-state index contributed by atoms with van der Waals surface area (Å²) in [7, 11) is 0. The topological polar surface area (TPSA) is 109 Å². The second kappa shape index (κ2) is 10.1. The highest BCUT2D eigenvalue weighted by Gasteiger charge is 2.27. The molecule has 0 radical (unpaired) electrons. The fourth-order valence-electron chi connectivity index (χ4n) is 3.78. The number of anilines is 1. The molecular weight excluding hydrogens is 447 g/mol. The van der Waals surface area contributed by atoms with E-state index in [9.17, 15) is 18.8 Å². The van der Waals surface area contributed by atoms with Crippen LogP contribution in [0.2, 0.25) is 0 Å². The fourth-order valence-corrected chi connectivity index (χ4v) is 4.78. The highest BCUT2D eigenvalue weighted by atomic mass is 32.1. The highest BCUT2D eigenvalue weighted by molar-refractivity contribution is 7.22. The van der Waals surface area contributed by atoms with Gasteiger partial charge in [0.25, 0.3) is 5.56 Å². The molecule has 2 aromatic heterocycles. The number of rotatable bonds is 7. The van der Waals surface area contributed by atoms with Gasteiger partial charge >= 0.3 is 0 Å². The fraction of sp³-hybridized carbons (Fsp3) is 0.409. The van der Waals surface area contributed by atoms with Crippen molar-refractivity contribution in [1.82, 2.24) is 25.2 Å². The monoisotopic (exact) mass is 472 g/mol. The van der Waals surface area contributed by atoms with Gasteiger partial charge in [0.05, 0.1) is 5.92 Å². The molecular formula is C22H25FN6O3S. The van der Waals surface area contributed by atoms with E-state index in [4.69, 9.17) is 0 Å². The number of nitrogens with one attached hydrogen (secondary N) is 2. The Morgan fingerprint density at radius 2 is 2.03 bits per heavy atom. The van der Waals surface area contributed by atoms with Crippen LogP contribution in [0, 0.1) is 11.7 Å². The predicted molar refractivity (Wildman–Crippen MR) is 124 cm³/mol. The van der Waals surface area contributed by atoms with Crippen LogP contribution in [-0.4, -0.2) is 46.0 Å². The second-order valence-corrected chi connectivity index (χ2v) is 8.89. The Morgan fingerprint density at radius 1 is 1.24 bits per heavy atom. The Labute approximate surface area is 193 Å². The van der Waals surface area contributed by atoms with Gasteiger partial charge in [0.15, 0.2) is 10.8 Å². The maximum absolute atomic E-state index is 13.0. The number of benzene rings is 1. The van der Waals surface area contributed by atoms with Crippen LogP contribution in [0.3, 0.4) is 0 Å². The van der Waals surface area contributed by atoms with Gasteiger partial charge in [-0.05, 0) is 37.5 Å². The van der Waals surface area contributed by atoms with Crippen molar-refractivity contribution >= 4 is 38.6 Å². The summed E-state index contributed by atoms with van der Waals surface area (Å²) in [6.07, 6.45) is 3.01.